The number of carbonyl (C=O) groups excluding carboxylic acids is 1. The molecule has 0 aromatic rings. The van der Waals surface area contributed by atoms with E-state index in [0.29, 0.717) is 6.54 Å². The second kappa shape index (κ2) is 7.73. The highest BCUT2D eigenvalue weighted by atomic mass is 16.4. The lowest BCUT2D eigenvalue weighted by molar-refractivity contribution is -0.140. The van der Waals surface area contributed by atoms with Crippen molar-refractivity contribution in [2.24, 2.45) is 5.92 Å². The van der Waals surface area contributed by atoms with Gasteiger partial charge in [0.25, 0.3) is 0 Å². The minimum absolute atomic E-state index is 0.140. The maximum absolute atomic E-state index is 11.3. The Labute approximate surface area is 95.9 Å². The molecule has 0 saturated carbocycles. The zero-order chi connectivity index (χ0) is 12.6. The monoisotopic (exact) mass is 228 g/mol. The molecule has 0 rings (SSSR count). The Hall–Kier alpha value is -1.52. The zero-order valence-electron chi connectivity index (χ0n) is 9.99. The van der Waals surface area contributed by atoms with E-state index in [2.05, 4.69) is 10.6 Å². The number of carboxylic acid groups (broad SMARTS) is 1. The van der Waals surface area contributed by atoms with Crippen LogP contribution < -0.4 is 10.6 Å². The normalized spacial score (nSPS) is 12.8. The summed E-state index contributed by atoms with van der Waals surface area (Å²) in [6.45, 7) is 5.90. The fourth-order valence-electron chi connectivity index (χ4n) is 1.14. The van der Waals surface area contributed by atoms with Gasteiger partial charge in [0, 0.05) is 6.54 Å². The van der Waals surface area contributed by atoms with Gasteiger partial charge in [-0.05, 0) is 19.3 Å². The third-order valence-corrected chi connectivity index (χ3v) is 2.05. The Morgan fingerprint density at radius 1 is 1.38 bits per heavy atom. The molecular weight excluding hydrogens is 208 g/mol. The maximum atomic E-state index is 11.3. The maximum Gasteiger partial charge on any atom is 0.326 e. The molecule has 0 spiro atoms. The highest BCUT2D eigenvalue weighted by Gasteiger charge is 2.22. The number of carbonyl (C=O) groups is 2. The van der Waals surface area contributed by atoms with Crippen molar-refractivity contribution in [3.8, 4) is 0 Å². The molecule has 0 aliphatic rings. The number of allylic oxidation sites excluding steroid dienone is 1. The second-order valence-corrected chi connectivity index (χ2v) is 3.82. The molecule has 5 nitrogen and oxygen atoms in total. The van der Waals surface area contributed by atoms with Gasteiger partial charge >= 0.3 is 12.0 Å². The summed E-state index contributed by atoms with van der Waals surface area (Å²) < 4.78 is 0. The molecule has 0 aromatic heterocycles. The predicted molar refractivity (Wildman–Crippen MR) is 62.2 cm³/mol. The summed E-state index contributed by atoms with van der Waals surface area (Å²) in [4.78, 5) is 22.1. The van der Waals surface area contributed by atoms with Gasteiger partial charge in [0.2, 0.25) is 0 Å². The van der Waals surface area contributed by atoms with Crippen LogP contribution in [0.25, 0.3) is 0 Å². The van der Waals surface area contributed by atoms with E-state index >= 15 is 0 Å². The quantitative estimate of drug-likeness (QED) is 0.474. The number of carboxylic acids is 1. The number of rotatable bonds is 6. The zero-order valence-corrected chi connectivity index (χ0v) is 9.99. The van der Waals surface area contributed by atoms with Gasteiger partial charge in [-0.1, -0.05) is 26.0 Å². The Morgan fingerprint density at radius 2 is 2.00 bits per heavy atom. The van der Waals surface area contributed by atoms with Crippen molar-refractivity contribution in [1.29, 1.82) is 0 Å². The summed E-state index contributed by atoms with van der Waals surface area (Å²) in [6.07, 6.45) is 4.56. The molecule has 0 bridgehead atoms. The Balaban J connectivity index is 3.96. The molecule has 0 unspecified atom stereocenters. The summed E-state index contributed by atoms with van der Waals surface area (Å²) in [6, 6.07) is -1.28. The standard InChI is InChI=1S/C11H20N2O3/c1-4-5-6-7-12-11(16)13-9(8(2)3)10(14)15/h4-5,8-9H,6-7H2,1-3H3,(H,14,15)(H2,12,13,16)/b5-4+/t9-/m0/s1. The van der Waals surface area contributed by atoms with Crippen LogP contribution in [0.2, 0.25) is 0 Å². The Kier molecular flexibility index (Phi) is 7.00. The molecule has 16 heavy (non-hydrogen) atoms. The molecule has 92 valence electrons. The van der Waals surface area contributed by atoms with E-state index in [1.807, 2.05) is 19.1 Å². The summed E-state index contributed by atoms with van der Waals surface area (Å²) in [5.74, 6) is -1.16. The first-order chi connectivity index (χ1) is 7.49. The topological polar surface area (TPSA) is 78.4 Å². The summed E-state index contributed by atoms with van der Waals surface area (Å²) in [5, 5.41) is 13.9. The van der Waals surface area contributed by atoms with E-state index in [0.717, 1.165) is 6.42 Å². The van der Waals surface area contributed by atoms with Gasteiger partial charge in [-0.3, -0.25) is 0 Å². The smallest absolute Gasteiger partial charge is 0.326 e. The average Bonchev–Trinajstić information content (AvgIpc) is 2.20. The van der Waals surface area contributed by atoms with Gasteiger partial charge in [0.05, 0.1) is 0 Å². The van der Waals surface area contributed by atoms with Crippen molar-refractivity contribution >= 4 is 12.0 Å². The van der Waals surface area contributed by atoms with E-state index in [1.54, 1.807) is 13.8 Å². The van der Waals surface area contributed by atoms with Crippen molar-refractivity contribution in [1.82, 2.24) is 10.6 Å². The van der Waals surface area contributed by atoms with Crippen LogP contribution in [0.3, 0.4) is 0 Å². The van der Waals surface area contributed by atoms with E-state index in [1.165, 1.54) is 0 Å². The van der Waals surface area contributed by atoms with Gasteiger partial charge in [-0.2, -0.15) is 0 Å². The van der Waals surface area contributed by atoms with Crippen LogP contribution in [0.4, 0.5) is 4.79 Å². The van der Waals surface area contributed by atoms with Crippen molar-refractivity contribution < 1.29 is 14.7 Å². The van der Waals surface area contributed by atoms with Crippen molar-refractivity contribution in [3.05, 3.63) is 12.2 Å². The molecule has 3 N–H and O–H groups in total. The summed E-state index contributed by atoms with van der Waals surface area (Å²) >= 11 is 0. The molecule has 2 amide bonds. The second-order valence-electron chi connectivity index (χ2n) is 3.82. The van der Waals surface area contributed by atoms with Gasteiger partial charge in [0.1, 0.15) is 6.04 Å². The molecule has 1 atom stereocenters. The van der Waals surface area contributed by atoms with E-state index < -0.39 is 18.0 Å². The highest BCUT2D eigenvalue weighted by molar-refractivity contribution is 5.82. The third kappa shape index (κ3) is 6.06. The first kappa shape index (κ1) is 14.5. The molecule has 0 saturated heterocycles. The van der Waals surface area contributed by atoms with Gasteiger partial charge in [-0.15, -0.1) is 0 Å². The number of nitrogens with one attached hydrogen (secondary N) is 2. The number of hydrogen-bond donors (Lipinski definition) is 3. The lowest BCUT2D eigenvalue weighted by Crippen LogP contribution is -2.48. The summed E-state index contributed by atoms with van der Waals surface area (Å²) in [5.41, 5.74) is 0. The predicted octanol–water partition coefficient (Wildman–Crippen LogP) is 1.36. The van der Waals surface area contributed by atoms with Gasteiger partial charge < -0.3 is 15.7 Å². The van der Waals surface area contributed by atoms with Crippen LogP contribution in [-0.4, -0.2) is 29.7 Å². The molecule has 0 aromatic carbocycles. The van der Waals surface area contributed by atoms with Crippen molar-refractivity contribution in [3.63, 3.8) is 0 Å². The molecule has 5 heteroatoms. The number of aliphatic carboxylic acids is 1. The third-order valence-electron chi connectivity index (χ3n) is 2.05. The molecule has 0 heterocycles. The van der Waals surface area contributed by atoms with E-state index in [9.17, 15) is 9.59 Å². The van der Waals surface area contributed by atoms with E-state index in [-0.39, 0.29) is 5.92 Å². The van der Waals surface area contributed by atoms with Crippen molar-refractivity contribution in [2.75, 3.05) is 6.54 Å². The Bertz CT molecular complexity index is 262. The highest BCUT2D eigenvalue weighted by Crippen LogP contribution is 2.01. The van der Waals surface area contributed by atoms with Crippen molar-refractivity contribution in [2.45, 2.75) is 33.2 Å². The van der Waals surface area contributed by atoms with Crippen LogP contribution in [0.5, 0.6) is 0 Å². The first-order valence-corrected chi connectivity index (χ1v) is 5.37. The lowest BCUT2D eigenvalue weighted by atomic mass is 10.1. The molecule has 0 radical (unpaired) electrons. The van der Waals surface area contributed by atoms with Crippen LogP contribution in [0.15, 0.2) is 12.2 Å². The van der Waals surface area contributed by atoms with Crippen LogP contribution >= 0.6 is 0 Å². The number of amides is 2. The molecule has 0 aliphatic carbocycles. The summed E-state index contributed by atoms with van der Waals surface area (Å²) in [7, 11) is 0. The molecule has 0 aliphatic heterocycles. The average molecular weight is 228 g/mol. The Morgan fingerprint density at radius 3 is 2.44 bits per heavy atom. The van der Waals surface area contributed by atoms with Gasteiger partial charge in [-0.25, -0.2) is 9.59 Å². The van der Waals surface area contributed by atoms with Crippen LogP contribution in [0, 0.1) is 5.92 Å². The van der Waals surface area contributed by atoms with Crippen LogP contribution in [-0.2, 0) is 4.79 Å². The largest absolute Gasteiger partial charge is 0.480 e. The fourth-order valence-corrected chi connectivity index (χ4v) is 1.14. The van der Waals surface area contributed by atoms with Gasteiger partial charge in [0.15, 0.2) is 0 Å². The number of hydrogen-bond acceptors (Lipinski definition) is 2. The number of urea groups is 1. The minimum Gasteiger partial charge on any atom is -0.480 e. The molecule has 0 fully saturated rings. The lowest BCUT2D eigenvalue weighted by Gasteiger charge is -2.18. The molecular formula is C11H20N2O3. The van der Waals surface area contributed by atoms with Crippen LogP contribution in [0.1, 0.15) is 27.2 Å². The fraction of sp³-hybridized carbons (Fsp3) is 0.636. The van der Waals surface area contributed by atoms with E-state index in [4.69, 9.17) is 5.11 Å². The minimum atomic E-state index is -1.02. The SMILES string of the molecule is C/C=C/CCNC(=O)N[C@H](C(=O)O)C(C)C. The first-order valence-electron chi connectivity index (χ1n) is 5.37.